The molecule has 3 aromatic heterocycles. The number of carbonyl (C=O) groups excluding carboxylic acids is 1. The van der Waals surface area contributed by atoms with Gasteiger partial charge in [-0.3, -0.25) is 14.9 Å². The summed E-state index contributed by atoms with van der Waals surface area (Å²) in [5.41, 5.74) is 2.58. The van der Waals surface area contributed by atoms with E-state index in [1.165, 1.54) is 40.9 Å². The fourth-order valence-electron chi connectivity index (χ4n) is 6.03. The maximum Gasteiger partial charge on any atom is 0.306 e. The van der Waals surface area contributed by atoms with Crippen LogP contribution in [0.3, 0.4) is 0 Å². The predicted octanol–water partition coefficient (Wildman–Crippen LogP) is 6.62. The molecule has 3 aromatic rings. The Labute approximate surface area is 250 Å². The number of aromatic nitrogens is 2. The number of halogens is 2. The van der Waals surface area contributed by atoms with E-state index in [1.54, 1.807) is 6.07 Å². The third-order valence-corrected chi connectivity index (χ3v) is 10.5. The Balaban J connectivity index is 1.21. The third kappa shape index (κ3) is 5.78. The summed E-state index contributed by atoms with van der Waals surface area (Å²) in [5.74, 6) is -0.189. The van der Waals surface area contributed by atoms with Crippen molar-refractivity contribution in [3.05, 3.63) is 49.8 Å². The number of piperidine rings is 1. The second kappa shape index (κ2) is 11.4. The molecular formula is C28H29Cl2N5O3S2. The van der Waals surface area contributed by atoms with Gasteiger partial charge in [-0.15, -0.1) is 11.3 Å². The van der Waals surface area contributed by atoms with Crippen LogP contribution < -0.4 is 10.2 Å². The molecule has 6 rings (SSSR count). The number of thiazole rings is 1. The normalized spacial score (nSPS) is 22.7. The van der Waals surface area contributed by atoms with E-state index in [1.807, 2.05) is 16.3 Å². The minimum Gasteiger partial charge on any atom is -0.481 e. The van der Waals surface area contributed by atoms with Gasteiger partial charge in [0.2, 0.25) is 0 Å². The van der Waals surface area contributed by atoms with Gasteiger partial charge in [-0.2, -0.15) is 0 Å². The molecule has 0 radical (unpaired) electrons. The Morgan fingerprint density at radius 1 is 1.20 bits per heavy atom. The maximum absolute atomic E-state index is 13.2. The van der Waals surface area contributed by atoms with Gasteiger partial charge in [0.05, 0.1) is 31.3 Å². The molecule has 2 atom stereocenters. The van der Waals surface area contributed by atoms with E-state index >= 15 is 0 Å². The number of amides is 1. The van der Waals surface area contributed by atoms with Crippen molar-refractivity contribution >= 4 is 74.8 Å². The molecule has 0 aromatic carbocycles. The highest BCUT2D eigenvalue weighted by atomic mass is 35.5. The summed E-state index contributed by atoms with van der Waals surface area (Å²) in [6.07, 6.45) is 8.25. The molecule has 1 aliphatic carbocycles. The second-order valence-corrected chi connectivity index (χ2v) is 13.6. The van der Waals surface area contributed by atoms with E-state index < -0.39 is 5.97 Å². The fraction of sp³-hybridized carbons (Fsp3) is 0.429. The van der Waals surface area contributed by atoms with Crippen LogP contribution in [0.2, 0.25) is 10.0 Å². The molecular weight excluding hydrogens is 589 g/mol. The Hall–Kier alpha value is -2.50. The van der Waals surface area contributed by atoms with Crippen molar-refractivity contribution in [2.75, 3.05) is 36.9 Å². The number of likely N-dealkylation sites (tertiary alicyclic amines) is 1. The van der Waals surface area contributed by atoms with E-state index in [9.17, 15) is 14.7 Å². The average Bonchev–Trinajstić information content (AvgIpc) is 3.60. The maximum atomic E-state index is 13.2. The van der Waals surface area contributed by atoms with Crippen LogP contribution in [-0.4, -0.2) is 64.6 Å². The molecule has 210 valence electrons. The predicted molar refractivity (Wildman–Crippen MR) is 162 cm³/mol. The summed E-state index contributed by atoms with van der Waals surface area (Å²) in [6, 6.07) is 4.11. The number of carbonyl (C=O) groups is 2. The number of thiophene rings is 1. The first-order valence-electron chi connectivity index (χ1n) is 13.3. The standard InChI is InChI=1S/C28H29Cl2N5O3S2/c1-34-13-16-6-15(7-20(34)8-16)9-23-24(22-11-19(29)14-39-22)32-28(40-23)33-26(36)18-10-21(30)25(31-12-18)35-4-2-17(3-5-35)27(37)38/h9-12,14,16-17,20H,2-8,13H2,1H3,(H,37,38)(H,32,33,36)/b15-9-. The lowest BCUT2D eigenvalue weighted by Gasteiger charge is -2.31. The number of anilines is 2. The van der Waals surface area contributed by atoms with Gasteiger partial charge in [-0.1, -0.05) is 40.1 Å². The zero-order chi connectivity index (χ0) is 28.0. The number of hydrogen-bond acceptors (Lipinski definition) is 8. The topological polar surface area (TPSA) is 98.7 Å². The third-order valence-electron chi connectivity index (χ3n) is 8.06. The number of nitrogens with zero attached hydrogens (tertiary/aromatic N) is 4. The minimum absolute atomic E-state index is 0.330. The van der Waals surface area contributed by atoms with Gasteiger partial charge in [0.1, 0.15) is 11.5 Å². The van der Waals surface area contributed by atoms with Gasteiger partial charge in [-0.05, 0) is 63.3 Å². The summed E-state index contributed by atoms with van der Waals surface area (Å²) >= 11 is 15.8. The molecule has 2 saturated heterocycles. The minimum atomic E-state index is -0.768. The first kappa shape index (κ1) is 27.7. The molecule has 1 saturated carbocycles. The quantitative estimate of drug-likeness (QED) is 0.320. The van der Waals surface area contributed by atoms with Crippen molar-refractivity contribution in [1.29, 1.82) is 0 Å². The summed E-state index contributed by atoms with van der Waals surface area (Å²) in [4.78, 5) is 40.1. The van der Waals surface area contributed by atoms with Crippen LogP contribution in [0.5, 0.6) is 0 Å². The van der Waals surface area contributed by atoms with Gasteiger partial charge in [-0.25, -0.2) is 9.97 Å². The van der Waals surface area contributed by atoms with Crippen LogP contribution >= 0.6 is 45.9 Å². The van der Waals surface area contributed by atoms with Gasteiger partial charge in [0.15, 0.2) is 5.13 Å². The monoisotopic (exact) mass is 617 g/mol. The lowest BCUT2D eigenvalue weighted by atomic mass is 9.86. The molecule has 3 fully saturated rings. The number of carboxylic acid groups (broad SMARTS) is 1. The van der Waals surface area contributed by atoms with Crippen LogP contribution in [0.15, 0.2) is 29.3 Å². The molecule has 0 spiro atoms. The SMILES string of the molecule is CN1CC2C/C(=C/c3sc(NC(=O)c4cnc(N5CCC(C(=O)O)CC5)c(Cl)c4)nc3-c3cc(Cl)cs3)CC1C2. The molecule has 5 heterocycles. The highest BCUT2D eigenvalue weighted by Gasteiger charge is 2.35. The van der Waals surface area contributed by atoms with Crippen molar-refractivity contribution < 1.29 is 14.7 Å². The van der Waals surface area contributed by atoms with E-state index in [0.29, 0.717) is 64.4 Å². The Bertz CT molecular complexity index is 1480. The Kier molecular flexibility index (Phi) is 7.89. The number of nitrogens with one attached hydrogen (secondary N) is 1. The second-order valence-electron chi connectivity index (χ2n) is 10.9. The van der Waals surface area contributed by atoms with Crippen LogP contribution in [0.4, 0.5) is 10.9 Å². The largest absolute Gasteiger partial charge is 0.481 e. The van der Waals surface area contributed by atoms with Gasteiger partial charge < -0.3 is 14.9 Å². The van der Waals surface area contributed by atoms with Crippen LogP contribution in [0.25, 0.3) is 16.6 Å². The smallest absolute Gasteiger partial charge is 0.306 e. The van der Waals surface area contributed by atoms with Gasteiger partial charge in [0, 0.05) is 37.3 Å². The van der Waals surface area contributed by atoms with Crippen molar-refractivity contribution in [2.45, 2.75) is 38.1 Å². The van der Waals surface area contributed by atoms with Crippen LogP contribution in [-0.2, 0) is 4.79 Å². The zero-order valence-corrected chi connectivity index (χ0v) is 25.0. The Morgan fingerprint density at radius 3 is 2.67 bits per heavy atom. The molecule has 40 heavy (non-hydrogen) atoms. The van der Waals surface area contributed by atoms with Crippen LogP contribution in [0, 0.1) is 11.8 Å². The average molecular weight is 619 g/mol. The molecule has 1 amide bonds. The number of rotatable bonds is 6. The van der Waals surface area contributed by atoms with Crippen LogP contribution in [0.1, 0.15) is 47.3 Å². The van der Waals surface area contributed by atoms with E-state index in [2.05, 4.69) is 28.3 Å². The summed E-state index contributed by atoms with van der Waals surface area (Å²) in [6.45, 7) is 2.26. The molecule has 2 unspecified atom stereocenters. The lowest BCUT2D eigenvalue weighted by molar-refractivity contribution is -0.142. The number of fused-ring (bicyclic) bond motifs is 2. The molecule has 8 nitrogen and oxygen atoms in total. The Morgan fingerprint density at radius 2 is 2.00 bits per heavy atom. The first-order valence-corrected chi connectivity index (χ1v) is 15.8. The summed E-state index contributed by atoms with van der Waals surface area (Å²) in [5, 5.41) is 15.6. The van der Waals surface area contributed by atoms with Gasteiger partial charge in [0.25, 0.3) is 5.91 Å². The highest BCUT2D eigenvalue weighted by molar-refractivity contribution is 7.18. The van der Waals surface area contributed by atoms with E-state index in [0.717, 1.165) is 34.8 Å². The summed E-state index contributed by atoms with van der Waals surface area (Å²) < 4.78 is 0. The number of hydrogen-bond donors (Lipinski definition) is 2. The molecule has 12 heteroatoms. The van der Waals surface area contributed by atoms with Gasteiger partial charge >= 0.3 is 5.97 Å². The van der Waals surface area contributed by atoms with E-state index in [-0.39, 0.29) is 11.8 Å². The number of aliphatic carboxylic acids is 1. The first-order chi connectivity index (χ1) is 19.2. The van der Waals surface area contributed by atoms with Crippen molar-refractivity contribution in [3.8, 4) is 10.6 Å². The molecule has 3 aliphatic rings. The van der Waals surface area contributed by atoms with Crippen molar-refractivity contribution in [3.63, 3.8) is 0 Å². The number of carboxylic acids is 1. The van der Waals surface area contributed by atoms with Crippen molar-refractivity contribution in [2.24, 2.45) is 11.8 Å². The van der Waals surface area contributed by atoms with Crippen molar-refractivity contribution in [1.82, 2.24) is 14.9 Å². The fourth-order valence-corrected chi connectivity index (χ4v) is 8.43. The molecule has 2 aliphatic heterocycles. The molecule has 2 bridgehead atoms. The lowest BCUT2D eigenvalue weighted by Crippen LogP contribution is -2.37. The highest BCUT2D eigenvalue weighted by Crippen LogP contribution is 2.42. The van der Waals surface area contributed by atoms with E-state index in [4.69, 9.17) is 28.2 Å². The summed E-state index contributed by atoms with van der Waals surface area (Å²) in [7, 11) is 2.21. The number of pyridine rings is 1. The molecule has 2 N–H and O–H groups in total. The zero-order valence-electron chi connectivity index (χ0n) is 21.9.